The van der Waals surface area contributed by atoms with E-state index in [1.165, 1.54) is 0 Å². The van der Waals surface area contributed by atoms with Gasteiger partial charge in [-0.05, 0) is 58.4 Å². The number of hydrogen-bond donors (Lipinski definition) is 3. The summed E-state index contributed by atoms with van der Waals surface area (Å²) in [5.74, 6) is -0.582. The highest BCUT2D eigenvalue weighted by molar-refractivity contribution is 5.98. The van der Waals surface area contributed by atoms with Crippen LogP contribution in [-0.2, 0) is 9.53 Å². The van der Waals surface area contributed by atoms with Crippen molar-refractivity contribution in [2.75, 3.05) is 11.9 Å². The minimum Gasteiger partial charge on any atom is -0.444 e. The molecular weight excluding hydrogens is 322 g/mol. The second kappa shape index (κ2) is 9.05. The molecule has 0 bridgehead atoms. The molecule has 7 heteroatoms. The van der Waals surface area contributed by atoms with E-state index in [-0.39, 0.29) is 11.8 Å². The molecule has 0 aliphatic heterocycles. The Balaban J connectivity index is 2.59. The van der Waals surface area contributed by atoms with Crippen LogP contribution >= 0.6 is 0 Å². The number of carbonyl (C=O) groups excluding carboxylic acids is 3. The first-order valence-corrected chi connectivity index (χ1v) is 8.31. The van der Waals surface area contributed by atoms with Gasteiger partial charge in [-0.25, -0.2) is 4.79 Å². The SMILES string of the molecule is CCCNC(=O)[C@@H](C)NC(=O)c1ccc(NC(=O)OC(C)(C)C)cc1. The second-order valence-corrected chi connectivity index (χ2v) is 6.69. The van der Waals surface area contributed by atoms with Crippen LogP contribution in [0, 0.1) is 0 Å². The number of hydrogen-bond acceptors (Lipinski definition) is 4. The fraction of sp³-hybridized carbons (Fsp3) is 0.500. The molecule has 0 aliphatic rings. The lowest BCUT2D eigenvalue weighted by molar-refractivity contribution is -0.122. The van der Waals surface area contributed by atoms with Crippen LogP contribution < -0.4 is 16.0 Å². The topological polar surface area (TPSA) is 96.5 Å². The summed E-state index contributed by atoms with van der Waals surface area (Å²) in [4.78, 5) is 35.6. The Morgan fingerprint density at radius 2 is 1.72 bits per heavy atom. The van der Waals surface area contributed by atoms with E-state index < -0.39 is 17.7 Å². The molecule has 1 rings (SSSR count). The summed E-state index contributed by atoms with van der Waals surface area (Å²) in [5.41, 5.74) is 0.322. The zero-order valence-electron chi connectivity index (χ0n) is 15.4. The van der Waals surface area contributed by atoms with Crippen LogP contribution in [0.5, 0.6) is 0 Å². The van der Waals surface area contributed by atoms with E-state index in [2.05, 4.69) is 16.0 Å². The predicted molar refractivity (Wildman–Crippen MR) is 96.5 cm³/mol. The minimum atomic E-state index is -0.626. The minimum absolute atomic E-state index is 0.224. The quantitative estimate of drug-likeness (QED) is 0.735. The fourth-order valence-electron chi connectivity index (χ4n) is 1.87. The lowest BCUT2D eigenvalue weighted by atomic mass is 10.1. The molecule has 1 aromatic rings. The first kappa shape index (κ1) is 20.5. The highest BCUT2D eigenvalue weighted by Gasteiger charge is 2.17. The normalized spacial score (nSPS) is 12.0. The Bertz CT molecular complexity index is 606. The number of carbonyl (C=O) groups is 3. The van der Waals surface area contributed by atoms with Crippen LogP contribution in [0.4, 0.5) is 10.5 Å². The molecule has 25 heavy (non-hydrogen) atoms. The van der Waals surface area contributed by atoms with Crippen LogP contribution in [0.2, 0.25) is 0 Å². The Morgan fingerprint density at radius 1 is 1.12 bits per heavy atom. The monoisotopic (exact) mass is 349 g/mol. The third kappa shape index (κ3) is 7.69. The van der Waals surface area contributed by atoms with E-state index in [1.807, 2.05) is 6.92 Å². The molecule has 0 aromatic heterocycles. The van der Waals surface area contributed by atoms with Gasteiger partial charge in [-0.1, -0.05) is 6.92 Å². The molecule has 0 spiro atoms. The first-order valence-electron chi connectivity index (χ1n) is 8.31. The molecule has 1 atom stereocenters. The van der Waals surface area contributed by atoms with Gasteiger partial charge < -0.3 is 15.4 Å². The summed E-state index contributed by atoms with van der Waals surface area (Å²) in [6, 6.07) is 5.71. The van der Waals surface area contributed by atoms with E-state index in [0.29, 0.717) is 17.8 Å². The Hall–Kier alpha value is -2.57. The number of nitrogens with one attached hydrogen (secondary N) is 3. The Morgan fingerprint density at radius 3 is 2.24 bits per heavy atom. The Labute approximate surface area is 148 Å². The van der Waals surface area contributed by atoms with Crippen LogP contribution in [-0.4, -0.2) is 36.1 Å². The largest absolute Gasteiger partial charge is 0.444 e. The summed E-state index contributed by atoms with van der Waals surface area (Å²) < 4.78 is 5.16. The summed E-state index contributed by atoms with van der Waals surface area (Å²) in [5, 5.41) is 7.95. The molecular formula is C18H27N3O4. The van der Waals surface area contributed by atoms with Crippen molar-refractivity contribution in [3.05, 3.63) is 29.8 Å². The zero-order chi connectivity index (χ0) is 19.0. The lowest BCUT2D eigenvalue weighted by Gasteiger charge is -2.19. The number of rotatable bonds is 6. The third-order valence-electron chi connectivity index (χ3n) is 3.08. The van der Waals surface area contributed by atoms with E-state index in [4.69, 9.17) is 4.74 Å². The van der Waals surface area contributed by atoms with Crippen LogP contribution in [0.15, 0.2) is 24.3 Å². The number of ether oxygens (including phenoxy) is 1. The molecule has 138 valence electrons. The average Bonchev–Trinajstić information content (AvgIpc) is 2.51. The van der Waals surface area contributed by atoms with Crippen molar-refractivity contribution in [3.8, 4) is 0 Å². The van der Waals surface area contributed by atoms with Crippen molar-refractivity contribution in [2.45, 2.75) is 52.7 Å². The van der Waals surface area contributed by atoms with Crippen molar-refractivity contribution < 1.29 is 19.1 Å². The maximum absolute atomic E-state index is 12.2. The maximum Gasteiger partial charge on any atom is 0.412 e. The summed E-state index contributed by atoms with van der Waals surface area (Å²) in [6.07, 6.45) is 0.268. The van der Waals surface area contributed by atoms with Crippen LogP contribution in [0.25, 0.3) is 0 Å². The standard InChI is InChI=1S/C18H27N3O4/c1-6-11-19-15(22)12(2)20-16(23)13-7-9-14(10-8-13)21-17(24)25-18(3,4)5/h7-10,12H,6,11H2,1-5H3,(H,19,22)(H,20,23)(H,21,24)/t12-/m1/s1. The average molecular weight is 349 g/mol. The number of anilines is 1. The van der Waals surface area contributed by atoms with Gasteiger partial charge in [0, 0.05) is 17.8 Å². The highest BCUT2D eigenvalue weighted by atomic mass is 16.6. The zero-order valence-corrected chi connectivity index (χ0v) is 15.4. The molecule has 7 nitrogen and oxygen atoms in total. The first-order chi connectivity index (χ1) is 11.6. The number of benzene rings is 1. The molecule has 0 fully saturated rings. The maximum atomic E-state index is 12.2. The van der Waals surface area contributed by atoms with Crippen molar-refractivity contribution in [2.24, 2.45) is 0 Å². The molecule has 3 amide bonds. The van der Waals surface area contributed by atoms with Crippen molar-refractivity contribution in [1.29, 1.82) is 0 Å². The van der Waals surface area contributed by atoms with Gasteiger partial charge in [0.1, 0.15) is 11.6 Å². The van der Waals surface area contributed by atoms with E-state index >= 15 is 0 Å². The predicted octanol–water partition coefficient (Wildman–Crippen LogP) is 2.68. The van der Waals surface area contributed by atoms with E-state index in [0.717, 1.165) is 6.42 Å². The van der Waals surface area contributed by atoms with Gasteiger partial charge >= 0.3 is 6.09 Å². The summed E-state index contributed by atoms with van der Waals surface area (Å²) in [7, 11) is 0. The summed E-state index contributed by atoms with van der Waals surface area (Å²) >= 11 is 0. The van der Waals surface area contributed by atoms with Gasteiger partial charge in [-0.2, -0.15) is 0 Å². The molecule has 0 saturated heterocycles. The van der Waals surface area contributed by atoms with Crippen LogP contribution in [0.1, 0.15) is 51.4 Å². The van der Waals surface area contributed by atoms with Crippen molar-refractivity contribution >= 4 is 23.6 Å². The van der Waals surface area contributed by atoms with Gasteiger partial charge in [0.25, 0.3) is 5.91 Å². The van der Waals surface area contributed by atoms with Gasteiger partial charge in [0.05, 0.1) is 0 Å². The number of amides is 3. The van der Waals surface area contributed by atoms with Crippen molar-refractivity contribution in [3.63, 3.8) is 0 Å². The molecule has 0 aliphatic carbocycles. The molecule has 0 radical (unpaired) electrons. The molecule has 0 heterocycles. The molecule has 0 unspecified atom stereocenters. The molecule has 3 N–H and O–H groups in total. The van der Waals surface area contributed by atoms with Gasteiger partial charge in [0.2, 0.25) is 5.91 Å². The molecule has 1 aromatic carbocycles. The summed E-state index contributed by atoms with van der Waals surface area (Å²) in [6.45, 7) is 9.48. The fourth-order valence-corrected chi connectivity index (χ4v) is 1.87. The Kier molecular flexibility index (Phi) is 7.42. The van der Waals surface area contributed by atoms with Crippen molar-refractivity contribution in [1.82, 2.24) is 10.6 Å². The lowest BCUT2D eigenvalue weighted by Crippen LogP contribution is -2.45. The smallest absolute Gasteiger partial charge is 0.412 e. The molecule has 0 saturated carbocycles. The van der Waals surface area contributed by atoms with Gasteiger partial charge in [0.15, 0.2) is 0 Å². The van der Waals surface area contributed by atoms with E-state index in [9.17, 15) is 14.4 Å². The highest BCUT2D eigenvalue weighted by Crippen LogP contribution is 2.13. The second-order valence-electron chi connectivity index (χ2n) is 6.69. The van der Waals surface area contributed by atoms with Crippen LogP contribution in [0.3, 0.4) is 0 Å². The van der Waals surface area contributed by atoms with Gasteiger partial charge in [-0.3, -0.25) is 14.9 Å². The van der Waals surface area contributed by atoms with E-state index in [1.54, 1.807) is 52.0 Å². The van der Waals surface area contributed by atoms with Gasteiger partial charge in [-0.15, -0.1) is 0 Å². The third-order valence-corrected chi connectivity index (χ3v) is 3.08.